The highest BCUT2D eigenvalue weighted by molar-refractivity contribution is 9.10. The summed E-state index contributed by atoms with van der Waals surface area (Å²) < 4.78 is 6.46. The third-order valence-electron chi connectivity index (χ3n) is 1.99. The van der Waals surface area contributed by atoms with Gasteiger partial charge in [-0.15, -0.1) is 0 Å². The van der Waals surface area contributed by atoms with Crippen LogP contribution in [-0.2, 0) is 6.54 Å². The Labute approximate surface area is 85.8 Å². The monoisotopic (exact) mass is 239 g/mol. The largest absolute Gasteiger partial charge is 0.493 e. The van der Waals surface area contributed by atoms with Crippen molar-refractivity contribution in [3.8, 4) is 5.75 Å². The summed E-state index contributed by atoms with van der Waals surface area (Å²) in [4.78, 5) is 4.19. The number of ether oxygens (including phenoxy) is 1. The van der Waals surface area contributed by atoms with Crippen molar-refractivity contribution in [2.75, 3.05) is 6.61 Å². The van der Waals surface area contributed by atoms with Gasteiger partial charge in [0.15, 0.2) is 0 Å². The summed E-state index contributed by atoms with van der Waals surface area (Å²) >= 11 is 3.46. The maximum absolute atomic E-state index is 5.46. The van der Waals surface area contributed by atoms with Crippen LogP contribution in [-0.4, -0.2) is 12.8 Å². The number of hydrogen-bond acceptors (Lipinski definition) is 2. The first-order valence-corrected chi connectivity index (χ1v) is 5.05. The topological polar surface area (TPSA) is 21.6 Å². The molecule has 0 aromatic heterocycles. The predicted molar refractivity (Wildman–Crippen MR) is 56.6 cm³/mol. The molecule has 2 nitrogen and oxygen atoms in total. The molecule has 2 rings (SSSR count). The lowest BCUT2D eigenvalue weighted by atomic mass is 10.1. The Bertz CT molecular complexity index is 360. The number of benzene rings is 1. The zero-order valence-corrected chi connectivity index (χ0v) is 8.97. The molecule has 68 valence electrons. The van der Waals surface area contributed by atoms with Crippen LogP contribution in [0.25, 0.3) is 0 Å². The first kappa shape index (κ1) is 8.75. The van der Waals surface area contributed by atoms with E-state index >= 15 is 0 Å². The minimum absolute atomic E-state index is 0.693. The molecule has 0 spiro atoms. The van der Waals surface area contributed by atoms with Crippen molar-refractivity contribution in [3.63, 3.8) is 0 Å². The van der Waals surface area contributed by atoms with Crippen molar-refractivity contribution in [2.45, 2.75) is 13.5 Å². The second-order valence-corrected chi connectivity index (χ2v) is 3.74. The fraction of sp³-hybridized carbons (Fsp3) is 0.300. The third kappa shape index (κ3) is 1.61. The first-order valence-electron chi connectivity index (χ1n) is 4.26. The van der Waals surface area contributed by atoms with E-state index in [1.165, 1.54) is 11.1 Å². The van der Waals surface area contributed by atoms with Crippen LogP contribution >= 0.6 is 15.9 Å². The van der Waals surface area contributed by atoms with E-state index in [2.05, 4.69) is 33.1 Å². The van der Waals surface area contributed by atoms with Crippen LogP contribution < -0.4 is 4.74 Å². The van der Waals surface area contributed by atoms with E-state index in [1.54, 1.807) is 0 Å². The van der Waals surface area contributed by atoms with Crippen molar-refractivity contribution in [2.24, 2.45) is 4.99 Å². The van der Waals surface area contributed by atoms with Gasteiger partial charge in [0.1, 0.15) is 5.75 Å². The van der Waals surface area contributed by atoms with E-state index in [9.17, 15) is 0 Å². The Morgan fingerprint density at radius 1 is 1.54 bits per heavy atom. The molecule has 1 aliphatic heterocycles. The number of hydrogen-bond donors (Lipinski definition) is 0. The van der Waals surface area contributed by atoms with E-state index in [4.69, 9.17) is 4.74 Å². The second kappa shape index (κ2) is 3.50. The van der Waals surface area contributed by atoms with Gasteiger partial charge in [0.05, 0.1) is 17.6 Å². The molecule has 0 bridgehead atoms. The molecule has 0 radical (unpaired) electrons. The highest BCUT2D eigenvalue weighted by atomic mass is 79.9. The van der Waals surface area contributed by atoms with Crippen molar-refractivity contribution >= 4 is 22.1 Å². The van der Waals surface area contributed by atoms with Gasteiger partial charge in [0.2, 0.25) is 0 Å². The smallest absolute Gasteiger partial charge is 0.133 e. The summed E-state index contributed by atoms with van der Waals surface area (Å²) in [5.41, 5.74) is 2.43. The Kier molecular flexibility index (Phi) is 2.36. The molecule has 0 fully saturated rings. The molecule has 0 aliphatic carbocycles. The van der Waals surface area contributed by atoms with Gasteiger partial charge < -0.3 is 4.74 Å². The van der Waals surface area contributed by atoms with Gasteiger partial charge in [0, 0.05) is 6.21 Å². The van der Waals surface area contributed by atoms with Gasteiger partial charge in [0.25, 0.3) is 0 Å². The quantitative estimate of drug-likeness (QED) is 0.778. The van der Waals surface area contributed by atoms with Crippen LogP contribution in [0.1, 0.15) is 18.1 Å². The van der Waals surface area contributed by atoms with Gasteiger partial charge in [-0.1, -0.05) is 0 Å². The molecule has 0 saturated carbocycles. The van der Waals surface area contributed by atoms with Gasteiger partial charge in [-0.3, -0.25) is 4.99 Å². The van der Waals surface area contributed by atoms with E-state index < -0.39 is 0 Å². The average Bonchev–Trinajstić information content (AvgIpc) is 2.52. The van der Waals surface area contributed by atoms with Crippen LogP contribution in [0.2, 0.25) is 0 Å². The summed E-state index contributed by atoms with van der Waals surface area (Å²) in [5, 5.41) is 0. The normalized spacial score (nSPS) is 13.1. The number of nitrogens with zero attached hydrogens (tertiary/aromatic N) is 1. The highest BCUT2D eigenvalue weighted by Gasteiger charge is 2.10. The minimum atomic E-state index is 0.693. The molecular formula is C10H10BrNO. The molecule has 0 unspecified atom stereocenters. The minimum Gasteiger partial charge on any atom is -0.493 e. The molecule has 0 N–H and O–H groups in total. The fourth-order valence-corrected chi connectivity index (χ4v) is 1.85. The number of rotatable bonds is 2. The zero-order chi connectivity index (χ0) is 9.26. The van der Waals surface area contributed by atoms with Gasteiger partial charge in [-0.2, -0.15) is 0 Å². The molecule has 1 aromatic carbocycles. The van der Waals surface area contributed by atoms with Crippen molar-refractivity contribution in [1.29, 1.82) is 0 Å². The number of halogens is 1. The molecule has 13 heavy (non-hydrogen) atoms. The summed E-state index contributed by atoms with van der Waals surface area (Å²) in [6.07, 6.45) is 1.90. The van der Waals surface area contributed by atoms with Gasteiger partial charge in [-0.05, 0) is 46.1 Å². The lowest BCUT2D eigenvalue weighted by molar-refractivity contribution is 0.338. The zero-order valence-electron chi connectivity index (χ0n) is 7.38. The van der Waals surface area contributed by atoms with Crippen LogP contribution in [0, 0.1) is 0 Å². The SMILES string of the molecule is CCOc1cc2c(cc1Br)C=NC2. The predicted octanol–water partition coefficient (Wildman–Crippen LogP) is 2.78. The standard InChI is InChI=1S/C10H10BrNO/c1-2-13-10-4-8-6-12-5-7(8)3-9(10)11/h3-5H,2,6H2,1H3. The summed E-state index contributed by atoms with van der Waals surface area (Å²) in [6.45, 7) is 3.46. The van der Waals surface area contributed by atoms with Gasteiger partial charge >= 0.3 is 0 Å². The molecular weight excluding hydrogens is 230 g/mol. The van der Waals surface area contributed by atoms with E-state index in [1.807, 2.05) is 13.1 Å². The Balaban J connectivity index is 2.40. The summed E-state index contributed by atoms with van der Waals surface area (Å²) in [6, 6.07) is 4.10. The summed E-state index contributed by atoms with van der Waals surface area (Å²) in [5.74, 6) is 0.909. The Morgan fingerprint density at radius 2 is 2.38 bits per heavy atom. The van der Waals surface area contributed by atoms with Crippen LogP contribution in [0.3, 0.4) is 0 Å². The highest BCUT2D eigenvalue weighted by Crippen LogP contribution is 2.30. The summed E-state index contributed by atoms with van der Waals surface area (Å²) in [7, 11) is 0. The van der Waals surface area contributed by atoms with E-state index in [0.717, 1.165) is 16.8 Å². The molecule has 0 saturated heterocycles. The maximum Gasteiger partial charge on any atom is 0.133 e. The maximum atomic E-state index is 5.46. The first-order chi connectivity index (χ1) is 6.31. The molecule has 0 amide bonds. The number of fused-ring (bicyclic) bond motifs is 1. The Morgan fingerprint density at radius 3 is 3.15 bits per heavy atom. The second-order valence-electron chi connectivity index (χ2n) is 2.88. The molecule has 1 aromatic rings. The average molecular weight is 240 g/mol. The van der Waals surface area contributed by atoms with E-state index in [0.29, 0.717) is 6.61 Å². The lowest BCUT2D eigenvalue weighted by Gasteiger charge is -2.07. The van der Waals surface area contributed by atoms with Crippen LogP contribution in [0.15, 0.2) is 21.6 Å². The Hall–Kier alpha value is -0.830. The van der Waals surface area contributed by atoms with Crippen molar-refractivity contribution in [3.05, 3.63) is 27.7 Å². The van der Waals surface area contributed by atoms with Crippen molar-refractivity contribution in [1.82, 2.24) is 0 Å². The van der Waals surface area contributed by atoms with Crippen LogP contribution in [0.4, 0.5) is 0 Å². The molecule has 0 atom stereocenters. The third-order valence-corrected chi connectivity index (χ3v) is 2.61. The number of aliphatic imine (C=N–C) groups is 1. The van der Waals surface area contributed by atoms with Gasteiger partial charge in [-0.25, -0.2) is 0 Å². The lowest BCUT2D eigenvalue weighted by Crippen LogP contribution is -1.94. The van der Waals surface area contributed by atoms with E-state index in [-0.39, 0.29) is 0 Å². The fourth-order valence-electron chi connectivity index (χ4n) is 1.38. The molecule has 1 aliphatic rings. The van der Waals surface area contributed by atoms with Crippen molar-refractivity contribution < 1.29 is 4.74 Å². The molecule has 1 heterocycles. The molecule has 3 heteroatoms. The van der Waals surface area contributed by atoms with Crippen LogP contribution in [0.5, 0.6) is 5.75 Å².